The standard InChI is InChI=1S/C17H23NO3/c1-3-13-5-7-14(8-6-13)15(19)18-11-9-17(4-2,10-12-18)16(20)21/h5-8H,3-4,9-12H2,1-2H3,(H,20,21). The van der Waals surface area contributed by atoms with Crippen molar-refractivity contribution in [3.63, 3.8) is 0 Å². The molecule has 2 rings (SSSR count). The van der Waals surface area contributed by atoms with Crippen molar-refractivity contribution in [2.45, 2.75) is 39.5 Å². The fourth-order valence-electron chi connectivity index (χ4n) is 2.92. The minimum atomic E-state index is -0.732. The number of rotatable bonds is 4. The molecule has 0 atom stereocenters. The Hall–Kier alpha value is -1.84. The van der Waals surface area contributed by atoms with Crippen LogP contribution in [0.5, 0.6) is 0 Å². The quantitative estimate of drug-likeness (QED) is 0.927. The molecule has 0 aliphatic carbocycles. The number of carbonyl (C=O) groups excluding carboxylic acids is 1. The molecule has 0 bridgehead atoms. The molecule has 4 heteroatoms. The molecule has 4 nitrogen and oxygen atoms in total. The highest BCUT2D eigenvalue weighted by Crippen LogP contribution is 2.35. The zero-order valence-electron chi connectivity index (χ0n) is 12.8. The Bertz CT molecular complexity index is 513. The van der Waals surface area contributed by atoms with E-state index in [0.717, 1.165) is 6.42 Å². The van der Waals surface area contributed by atoms with Crippen LogP contribution in [0.1, 0.15) is 49.0 Å². The fraction of sp³-hybridized carbons (Fsp3) is 0.529. The van der Waals surface area contributed by atoms with Gasteiger partial charge in [0, 0.05) is 18.7 Å². The van der Waals surface area contributed by atoms with Gasteiger partial charge in [-0.2, -0.15) is 0 Å². The highest BCUT2D eigenvalue weighted by atomic mass is 16.4. The Kier molecular flexibility index (Phi) is 4.66. The van der Waals surface area contributed by atoms with E-state index >= 15 is 0 Å². The summed E-state index contributed by atoms with van der Waals surface area (Å²) in [4.78, 5) is 25.6. The molecule has 21 heavy (non-hydrogen) atoms. The first-order valence-corrected chi connectivity index (χ1v) is 7.64. The molecule has 1 aromatic rings. The van der Waals surface area contributed by atoms with E-state index < -0.39 is 11.4 Å². The Balaban J connectivity index is 2.04. The van der Waals surface area contributed by atoms with Crippen molar-refractivity contribution in [3.05, 3.63) is 35.4 Å². The average Bonchev–Trinajstić information content (AvgIpc) is 2.54. The maximum atomic E-state index is 12.4. The molecule has 1 aromatic carbocycles. The number of benzene rings is 1. The molecule has 1 N–H and O–H groups in total. The number of hydrogen-bond acceptors (Lipinski definition) is 2. The van der Waals surface area contributed by atoms with Crippen molar-refractivity contribution in [2.24, 2.45) is 5.41 Å². The predicted molar refractivity (Wildman–Crippen MR) is 81.3 cm³/mol. The summed E-state index contributed by atoms with van der Waals surface area (Å²) in [6.07, 6.45) is 2.65. The van der Waals surface area contributed by atoms with Crippen LogP contribution < -0.4 is 0 Å². The summed E-state index contributed by atoms with van der Waals surface area (Å²) in [5, 5.41) is 9.38. The zero-order chi connectivity index (χ0) is 15.5. The van der Waals surface area contributed by atoms with E-state index in [2.05, 4.69) is 6.92 Å². The highest BCUT2D eigenvalue weighted by molar-refractivity contribution is 5.94. The van der Waals surface area contributed by atoms with Crippen molar-refractivity contribution in [2.75, 3.05) is 13.1 Å². The summed E-state index contributed by atoms with van der Waals surface area (Å²) in [6, 6.07) is 7.68. The van der Waals surface area contributed by atoms with E-state index in [1.54, 1.807) is 4.90 Å². The van der Waals surface area contributed by atoms with Gasteiger partial charge in [0.1, 0.15) is 0 Å². The van der Waals surface area contributed by atoms with Gasteiger partial charge in [0.05, 0.1) is 5.41 Å². The molecular formula is C17H23NO3. The van der Waals surface area contributed by atoms with Crippen LogP contribution >= 0.6 is 0 Å². The lowest BCUT2D eigenvalue weighted by molar-refractivity contribution is -0.152. The van der Waals surface area contributed by atoms with E-state index in [9.17, 15) is 14.7 Å². The van der Waals surface area contributed by atoms with Gasteiger partial charge in [-0.3, -0.25) is 9.59 Å². The Morgan fingerprint density at radius 2 is 1.71 bits per heavy atom. The summed E-state index contributed by atoms with van der Waals surface area (Å²) < 4.78 is 0. The molecule has 0 saturated carbocycles. The van der Waals surface area contributed by atoms with E-state index in [0.29, 0.717) is 37.9 Å². The summed E-state index contributed by atoms with van der Waals surface area (Å²) in [5.41, 5.74) is 1.25. The first kappa shape index (κ1) is 15.5. The van der Waals surface area contributed by atoms with Crippen LogP contribution in [0.15, 0.2) is 24.3 Å². The Morgan fingerprint density at radius 1 is 1.14 bits per heavy atom. The van der Waals surface area contributed by atoms with E-state index in [1.165, 1.54) is 5.56 Å². The number of hydrogen-bond donors (Lipinski definition) is 1. The normalized spacial score (nSPS) is 17.5. The highest BCUT2D eigenvalue weighted by Gasteiger charge is 2.40. The monoisotopic (exact) mass is 289 g/mol. The fourth-order valence-corrected chi connectivity index (χ4v) is 2.92. The zero-order valence-corrected chi connectivity index (χ0v) is 12.8. The molecule has 114 valence electrons. The maximum Gasteiger partial charge on any atom is 0.309 e. The lowest BCUT2D eigenvalue weighted by atomic mass is 9.76. The van der Waals surface area contributed by atoms with E-state index in [-0.39, 0.29) is 5.91 Å². The van der Waals surface area contributed by atoms with Crippen LogP contribution in [0.2, 0.25) is 0 Å². The molecule has 1 fully saturated rings. The number of likely N-dealkylation sites (tertiary alicyclic amines) is 1. The topological polar surface area (TPSA) is 57.6 Å². The predicted octanol–water partition coefficient (Wildman–Crippen LogP) is 2.97. The second-order valence-corrected chi connectivity index (χ2v) is 5.78. The Labute approximate surface area is 125 Å². The van der Waals surface area contributed by atoms with Crippen LogP contribution in [-0.4, -0.2) is 35.0 Å². The van der Waals surface area contributed by atoms with Gasteiger partial charge in [0.15, 0.2) is 0 Å². The van der Waals surface area contributed by atoms with Crippen LogP contribution in [0.25, 0.3) is 0 Å². The lowest BCUT2D eigenvalue weighted by Crippen LogP contribution is -2.46. The smallest absolute Gasteiger partial charge is 0.309 e. The van der Waals surface area contributed by atoms with Gasteiger partial charge in [0.25, 0.3) is 5.91 Å². The number of piperidine rings is 1. The van der Waals surface area contributed by atoms with E-state index in [1.807, 2.05) is 31.2 Å². The third-order valence-electron chi connectivity index (χ3n) is 4.75. The van der Waals surface area contributed by atoms with Gasteiger partial charge in [0.2, 0.25) is 0 Å². The second-order valence-electron chi connectivity index (χ2n) is 5.78. The molecule has 1 amide bonds. The van der Waals surface area contributed by atoms with Gasteiger partial charge in [-0.25, -0.2) is 0 Å². The number of aliphatic carboxylic acids is 1. The molecule has 0 spiro atoms. The van der Waals surface area contributed by atoms with Crippen molar-refractivity contribution >= 4 is 11.9 Å². The molecule has 0 unspecified atom stereocenters. The second kappa shape index (κ2) is 6.29. The molecule has 0 radical (unpaired) electrons. The van der Waals surface area contributed by atoms with Gasteiger partial charge < -0.3 is 10.0 Å². The number of carbonyl (C=O) groups is 2. The van der Waals surface area contributed by atoms with Crippen molar-refractivity contribution in [3.8, 4) is 0 Å². The van der Waals surface area contributed by atoms with Crippen molar-refractivity contribution in [1.82, 2.24) is 4.90 Å². The molecular weight excluding hydrogens is 266 g/mol. The summed E-state index contributed by atoms with van der Waals surface area (Å²) in [5.74, 6) is -0.725. The average molecular weight is 289 g/mol. The van der Waals surface area contributed by atoms with Gasteiger partial charge in [-0.1, -0.05) is 26.0 Å². The van der Waals surface area contributed by atoms with Gasteiger partial charge in [-0.15, -0.1) is 0 Å². The van der Waals surface area contributed by atoms with Gasteiger partial charge >= 0.3 is 5.97 Å². The molecule has 1 aliphatic heterocycles. The summed E-state index contributed by atoms with van der Waals surface area (Å²) >= 11 is 0. The molecule has 0 aromatic heterocycles. The van der Waals surface area contributed by atoms with Crippen LogP contribution in [0.3, 0.4) is 0 Å². The number of carboxylic acid groups (broad SMARTS) is 1. The number of amides is 1. The first-order valence-electron chi connectivity index (χ1n) is 7.64. The van der Waals surface area contributed by atoms with E-state index in [4.69, 9.17) is 0 Å². The van der Waals surface area contributed by atoms with Crippen LogP contribution in [-0.2, 0) is 11.2 Å². The van der Waals surface area contributed by atoms with Gasteiger partial charge in [-0.05, 0) is 43.4 Å². The molecule has 1 aliphatic rings. The minimum absolute atomic E-state index is 0.00717. The number of aryl methyl sites for hydroxylation is 1. The van der Waals surface area contributed by atoms with Crippen molar-refractivity contribution < 1.29 is 14.7 Å². The third-order valence-corrected chi connectivity index (χ3v) is 4.75. The molecule has 1 heterocycles. The SMILES string of the molecule is CCc1ccc(C(=O)N2CCC(CC)(C(=O)O)CC2)cc1. The van der Waals surface area contributed by atoms with Crippen molar-refractivity contribution in [1.29, 1.82) is 0 Å². The third kappa shape index (κ3) is 3.09. The first-order chi connectivity index (χ1) is 10.0. The summed E-state index contributed by atoms with van der Waals surface area (Å²) in [6.45, 7) is 5.04. The Morgan fingerprint density at radius 3 is 2.14 bits per heavy atom. The number of nitrogens with zero attached hydrogens (tertiary/aromatic N) is 1. The number of carboxylic acids is 1. The van der Waals surface area contributed by atoms with Crippen LogP contribution in [0, 0.1) is 5.41 Å². The van der Waals surface area contributed by atoms with Crippen LogP contribution in [0.4, 0.5) is 0 Å². The minimum Gasteiger partial charge on any atom is -0.481 e. The largest absolute Gasteiger partial charge is 0.481 e. The molecule has 1 saturated heterocycles. The maximum absolute atomic E-state index is 12.4. The summed E-state index contributed by atoms with van der Waals surface area (Å²) in [7, 11) is 0. The lowest BCUT2D eigenvalue weighted by Gasteiger charge is -2.38.